The van der Waals surface area contributed by atoms with Gasteiger partial charge in [0.05, 0.1) is 36.6 Å². The summed E-state index contributed by atoms with van der Waals surface area (Å²) in [6, 6.07) is 15.0. The number of hydrogen-bond donors (Lipinski definition) is 6. The smallest absolute Gasteiger partial charge is 0.315 e. The van der Waals surface area contributed by atoms with Crippen LogP contribution in [0.15, 0.2) is 60.9 Å². The SMILES string of the molecule is COc1cc(NC(C)CCCNC(=O)N[C@@H](CCCCN)C(=O)NCCCC(C)Nc2cc(OC)cc3cccnc23)c2ncccc2c1. The second-order valence-corrected chi connectivity index (χ2v) is 12.4. The van der Waals surface area contributed by atoms with Gasteiger partial charge in [0.1, 0.15) is 17.5 Å². The summed E-state index contributed by atoms with van der Waals surface area (Å²) in [5.74, 6) is 1.34. The number of amides is 3. The number of hydrogen-bond acceptors (Lipinski definition) is 9. The van der Waals surface area contributed by atoms with Crippen LogP contribution in [-0.4, -0.2) is 73.9 Å². The van der Waals surface area contributed by atoms with Gasteiger partial charge in [-0.2, -0.15) is 0 Å². The number of aromatic nitrogens is 2. The Morgan fingerprint density at radius 3 is 1.78 bits per heavy atom. The van der Waals surface area contributed by atoms with Crippen LogP contribution >= 0.6 is 0 Å². The number of methoxy groups -OCH3 is 2. The number of carbonyl (C=O) groups excluding carboxylic acids is 2. The first-order valence-corrected chi connectivity index (χ1v) is 17.2. The van der Waals surface area contributed by atoms with Crippen LogP contribution in [0, 0.1) is 0 Å². The molecular weight excluding hydrogens is 620 g/mol. The maximum atomic E-state index is 13.1. The fourth-order valence-corrected chi connectivity index (χ4v) is 5.78. The second kappa shape index (κ2) is 19.2. The Morgan fingerprint density at radius 1 is 0.735 bits per heavy atom. The lowest BCUT2D eigenvalue weighted by molar-refractivity contribution is -0.123. The molecule has 3 atom stereocenters. The van der Waals surface area contributed by atoms with Crippen molar-refractivity contribution >= 4 is 45.1 Å². The number of benzene rings is 2. The molecule has 2 unspecified atom stereocenters. The average Bonchev–Trinajstić information content (AvgIpc) is 3.11. The Hall–Kier alpha value is -4.84. The number of carbonyl (C=O) groups is 2. The number of anilines is 2. The third-order valence-corrected chi connectivity index (χ3v) is 8.41. The van der Waals surface area contributed by atoms with E-state index in [1.54, 1.807) is 26.6 Å². The van der Waals surface area contributed by atoms with Crippen molar-refractivity contribution in [1.82, 2.24) is 25.9 Å². The van der Waals surface area contributed by atoms with E-state index in [0.29, 0.717) is 26.1 Å². The highest BCUT2D eigenvalue weighted by Gasteiger charge is 2.20. The minimum Gasteiger partial charge on any atom is -0.497 e. The van der Waals surface area contributed by atoms with E-state index in [0.717, 1.165) is 83.2 Å². The fourth-order valence-electron chi connectivity index (χ4n) is 5.78. The number of ether oxygens (including phenoxy) is 2. The number of fused-ring (bicyclic) bond motifs is 2. The lowest BCUT2D eigenvalue weighted by atomic mass is 10.1. The monoisotopic (exact) mass is 672 g/mol. The molecule has 0 aliphatic rings. The first-order chi connectivity index (χ1) is 23.8. The topological polar surface area (TPSA) is 165 Å². The molecule has 49 heavy (non-hydrogen) atoms. The zero-order chi connectivity index (χ0) is 35.0. The van der Waals surface area contributed by atoms with E-state index in [-0.39, 0.29) is 24.0 Å². The van der Waals surface area contributed by atoms with E-state index in [1.165, 1.54) is 0 Å². The quantitative estimate of drug-likeness (QED) is 0.0658. The Kier molecular flexibility index (Phi) is 14.5. The average molecular weight is 673 g/mol. The Balaban J connectivity index is 1.19. The molecule has 0 saturated heterocycles. The molecule has 4 rings (SSSR count). The Labute approximate surface area is 289 Å². The van der Waals surface area contributed by atoms with Gasteiger partial charge in [0.15, 0.2) is 0 Å². The minimum absolute atomic E-state index is 0.140. The number of urea groups is 1. The van der Waals surface area contributed by atoms with Crippen LogP contribution in [0.5, 0.6) is 11.5 Å². The lowest BCUT2D eigenvalue weighted by Gasteiger charge is -2.20. The van der Waals surface area contributed by atoms with Crippen LogP contribution in [0.2, 0.25) is 0 Å². The van der Waals surface area contributed by atoms with Gasteiger partial charge in [0.2, 0.25) is 5.91 Å². The molecule has 2 aromatic heterocycles. The van der Waals surface area contributed by atoms with Gasteiger partial charge < -0.3 is 41.8 Å². The van der Waals surface area contributed by atoms with E-state index in [1.807, 2.05) is 48.5 Å². The number of unbranched alkanes of at least 4 members (excludes halogenated alkanes) is 1. The van der Waals surface area contributed by atoms with E-state index < -0.39 is 6.04 Å². The van der Waals surface area contributed by atoms with Gasteiger partial charge in [-0.05, 0) is 89.6 Å². The maximum absolute atomic E-state index is 13.1. The third-order valence-electron chi connectivity index (χ3n) is 8.41. The molecule has 3 amide bonds. The largest absolute Gasteiger partial charge is 0.497 e. The van der Waals surface area contributed by atoms with Crippen LogP contribution in [-0.2, 0) is 4.79 Å². The summed E-state index contributed by atoms with van der Waals surface area (Å²) in [7, 11) is 3.30. The number of pyridine rings is 2. The molecule has 264 valence electrons. The first kappa shape index (κ1) is 37.0. The lowest BCUT2D eigenvalue weighted by Crippen LogP contribution is -2.50. The highest BCUT2D eigenvalue weighted by molar-refractivity contribution is 5.93. The van der Waals surface area contributed by atoms with E-state index >= 15 is 0 Å². The van der Waals surface area contributed by atoms with Crippen LogP contribution in [0.25, 0.3) is 21.8 Å². The highest BCUT2D eigenvalue weighted by Crippen LogP contribution is 2.29. The van der Waals surface area contributed by atoms with E-state index in [9.17, 15) is 9.59 Å². The summed E-state index contributed by atoms with van der Waals surface area (Å²) in [6.45, 7) is 5.72. The molecular formula is C37H52N8O4. The van der Waals surface area contributed by atoms with Crippen LogP contribution in [0.1, 0.15) is 58.8 Å². The van der Waals surface area contributed by atoms with Crippen LogP contribution in [0.3, 0.4) is 0 Å². The molecule has 2 heterocycles. The standard InChI is InChI=1S/C37H52N8O4/c1-25(43-32-23-29(48-3)21-27-13-9-17-39-34(27)32)11-7-19-41-36(46)31(15-5-6-16-38)45-37(47)42-20-8-12-26(2)44-33-24-30(49-4)22-28-14-10-18-40-35(28)33/h9-10,13-14,17-18,21-26,31,43-44H,5-8,11-12,15-16,19-20,38H2,1-4H3,(H,41,46)(H2,42,45,47)/t25?,26?,31-/m0/s1. The van der Waals surface area contributed by atoms with Gasteiger partial charge in [-0.25, -0.2) is 4.79 Å². The van der Waals surface area contributed by atoms with Gasteiger partial charge >= 0.3 is 6.03 Å². The highest BCUT2D eigenvalue weighted by atomic mass is 16.5. The molecule has 0 radical (unpaired) electrons. The van der Waals surface area contributed by atoms with Gasteiger partial charge in [-0.15, -0.1) is 0 Å². The molecule has 12 nitrogen and oxygen atoms in total. The normalized spacial score (nSPS) is 12.9. The van der Waals surface area contributed by atoms with Crippen molar-refractivity contribution in [2.45, 2.75) is 76.9 Å². The van der Waals surface area contributed by atoms with Crippen molar-refractivity contribution in [1.29, 1.82) is 0 Å². The molecule has 0 fully saturated rings. The van der Waals surface area contributed by atoms with Gasteiger partial charge in [-0.1, -0.05) is 12.1 Å². The number of nitrogens with zero attached hydrogens (tertiary/aromatic N) is 2. The number of rotatable bonds is 20. The number of nitrogens with one attached hydrogen (secondary N) is 5. The second-order valence-electron chi connectivity index (χ2n) is 12.4. The first-order valence-electron chi connectivity index (χ1n) is 17.2. The predicted octanol–water partition coefficient (Wildman–Crippen LogP) is 5.57. The van der Waals surface area contributed by atoms with Crippen LogP contribution < -0.4 is 41.8 Å². The van der Waals surface area contributed by atoms with E-state index in [2.05, 4.69) is 50.4 Å². The van der Waals surface area contributed by atoms with Gasteiger partial charge in [-0.3, -0.25) is 14.8 Å². The van der Waals surface area contributed by atoms with Crippen molar-refractivity contribution in [3.8, 4) is 11.5 Å². The molecule has 0 aliphatic heterocycles. The van der Waals surface area contributed by atoms with Crippen molar-refractivity contribution in [2.75, 3.05) is 44.5 Å². The van der Waals surface area contributed by atoms with Crippen molar-refractivity contribution in [3.05, 3.63) is 60.9 Å². The molecule has 0 bridgehead atoms. The molecule has 0 aliphatic carbocycles. The van der Waals surface area contributed by atoms with E-state index in [4.69, 9.17) is 15.2 Å². The summed E-state index contributed by atoms with van der Waals surface area (Å²) in [5, 5.41) is 17.9. The Morgan fingerprint density at radius 2 is 1.27 bits per heavy atom. The fraction of sp³-hybridized carbons (Fsp3) is 0.459. The Bertz CT molecular complexity index is 1650. The molecule has 4 aromatic rings. The molecule has 12 heteroatoms. The zero-order valence-corrected chi connectivity index (χ0v) is 29.2. The third kappa shape index (κ3) is 11.4. The summed E-state index contributed by atoms with van der Waals surface area (Å²) in [6.07, 6.45) is 8.79. The molecule has 2 aromatic carbocycles. The summed E-state index contributed by atoms with van der Waals surface area (Å²) in [4.78, 5) is 35.0. The summed E-state index contributed by atoms with van der Waals surface area (Å²) in [5.41, 5.74) is 9.28. The van der Waals surface area contributed by atoms with Crippen molar-refractivity contribution in [3.63, 3.8) is 0 Å². The summed E-state index contributed by atoms with van der Waals surface area (Å²) >= 11 is 0. The van der Waals surface area contributed by atoms with Gasteiger partial charge in [0, 0.05) is 60.5 Å². The predicted molar refractivity (Wildman–Crippen MR) is 197 cm³/mol. The van der Waals surface area contributed by atoms with Crippen molar-refractivity contribution < 1.29 is 19.1 Å². The molecule has 7 N–H and O–H groups in total. The number of nitrogens with two attached hydrogens (primary N) is 1. The molecule has 0 spiro atoms. The minimum atomic E-state index is -0.634. The molecule has 0 saturated carbocycles. The summed E-state index contributed by atoms with van der Waals surface area (Å²) < 4.78 is 10.9. The van der Waals surface area contributed by atoms with Gasteiger partial charge in [0.25, 0.3) is 0 Å². The van der Waals surface area contributed by atoms with Crippen LogP contribution in [0.4, 0.5) is 16.2 Å². The van der Waals surface area contributed by atoms with Crippen molar-refractivity contribution in [2.24, 2.45) is 5.73 Å². The zero-order valence-electron chi connectivity index (χ0n) is 29.2. The maximum Gasteiger partial charge on any atom is 0.315 e.